The Morgan fingerprint density at radius 2 is 1.83 bits per heavy atom. The molecule has 1 N–H and O–H groups in total. The molecule has 0 aromatic heterocycles. The Balaban J connectivity index is 2.34. The highest BCUT2D eigenvalue weighted by atomic mass is 79.9. The topological polar surface area (TPSA) is 64.6 Å². The predicted octanol–water partition coefficient (Wildman–Crippen LogP) is 3.86. The van der Waals surface area contributed by atoms with E-state index in [4.69, 9.17) is 4.74 Å². The number of methoxy groups -OCH3 is 1. The van der Waals surface area contributed by atoms with E-state index in [-0.39, 0.29) is 16.3 Å². The fourth-order valence-electron chi connectivity index (χ4n) is 1.77. The molecule has 0 unspecified atom stereocenters. The van der Waals surface area contributed by atoms with Gasteiger partial charge in [0.2, 0.25) is 0 Å². The summed E-state index contributed by atoms with van der Waals surface area (Å²) in [6, 6.07) is 9.68. The molecule has 0 spiro atoms. The van der Waals surface area contributed by atoms with Crippen molar-refractivity contribution in [2.75, 3.05) is 11.8 Å². The predicted molar refractivity (Wildman–Crippen MR) is 84.6 cm³/mol. The number of halogens is 3. The first-order chi connectivity index (χ1) is 10.8. The van der Waals surface area contributed by atoms with Crippen molar-refractivity contribution in [2.45, 2.75) is 11.5 Å². The lowest BCUT2D eigenvalue weighted by molar-refractivity contribution is -0.0493. The van der Waals surface area contributed by atoms with E-state index in [1.165, 1.54) is 49.6 Å². The number of sulfonamides is 1. The number of benzene rings is 2. The molecular weight excluding hydrogens is 396 g/mol. The van der Waals surface area contributed by atoms with E-state index in [1.807, 2.05) is 0 Å². The average molecular weight is 408 g/mol. The van der Waals surface area contributed by atoms with Gasteiger partial charge in [0.15, 0.2) is 0 Å². The van der Waals surface area contributed by atoms with Gasteiger partial charge in [-0.1, -0.05) is 12.1 Å². The summed E-state index contributed by atoms with van der Waals surface area (Å²) in [6.45, 7) is -3.06. The van der Waals surface area contributed by atoms with Crippen molar-refractivity contribution in [3.05, 3.63) is 46.9 Å². The Morgan fingerprint density at radius 3 is 2.43 bits per heavy atom. The smallest absolute Gasteiger partial charge is 0.387 e. The molecule has 0 aliphatic carbocycles. The maximum absolute atomic E-state index is 12.4. The summed E-state index contributed by atoms with van der Waals surface area (Å²) >= 11 is 3.19. The molecule has 0 bridgehead atoms. The van der Waals surface area contributed by atoms with E-state index >= 15 is 0 Å². The zero-order valence-corrected chi connectivity index (χ0v) is 14.2. The minimum absolute atomic E-state index is 0.0583. The first-order valence-corrected chi connectivity index (χ1v) is 8.51. The maximum Gasteiger partial charge on any atom is 0.387 e. The molecule has 9 heteroatoms. The number of hydrogen-bond donors (Lipinski definition) is 1. The Bertz CT molecular complexity index is 799. The van der Waals surface area contributed by atoms with Crippen molar-refractivity contribution in [1.82, 2.24) is 0 Å². The molecule has 2 aromatic rings. The fraction of sp³-hybridized carbons (Fsp3) is 0.143. The summed E-state index contributed by atoms with van der Waals surface area (Å²) in [5, 5.41) is 0. The molecule has 124 valence electrons. The molecule has 0 heterocycles. The summed E-state index contributed by atoms with van der Waals surface area (Å²) in [4.78, 5) is -0.0583. The van der Waals surface area contributed by atoms with Crippen LogP contribution in [-0.4, -0.2) is 22.1 Å². The highest BCUT2D eigenvalue weighted by Gasteiger charge is 2.19. The summed E-state index contributed by atoms with van der Waals surface area (Å²) in [5.74, 6) is 0.198. The van der Waals surface area contributed by atoms with Crippen molar-refractivity contribution < 1.29 is 26.7 Å². The second kappa shape index (κ2) is 7.14. The number of ether oxygens (including phenoxy) is 2. The highest BCUT2D eigenvalue weighted by Crippen LogP contribution is 2.31. The molecular formula is C14H12BrF2NO4S. The third-order valence-electron chi connectivity index (χ3n) is 2.78. The van der Waals surface area contributed by atoms with Gasteiger partial charge in [0, 0.05) is 0 Å². The van der Waals surface area contributed by atoms with E-state index in [2.05, 4.69) is 25.4 Å². The summed E-state index contributed by atoms with van der Waals surface area (Å²) in [6.07, 6.45) is 0. The van der Waals surface area contributed by atoms with Crippen LogP contribution in [-0.2, 0) is 10.0 Å². The first kappa shape index (κ1) is 17.5. The first-order valence-electron chi connectivity index (χ1n) is 6.23. The zero-order chi connectivity index (χ0) is 17.0. The van der Waals surface area contributed by atoms with Crippen molar-refractivity contribution in [3.63, 3.8) is 0 Å². The van der Waals surface area contributed by atoms with Crippen molar-refractivity contribution in [3.8, 4) is 11.5 Å². The average Bonchev–Trinajstić information content (AvgIpc) is 2.48. The lowest BCUT2D eigenvalue weighted by Crippen LogP contribution is -2.14. The molecule has 2 aromatic carbocycles. The number of para-hydroxylation sites is 2. The molecule has 23 heavy (non-hydrogen) atoms. The van der Waals surface area contributed by atoms with Crippen molar-refractivity contribution >= 4 is 31.6 Å². The third-order valence-corrected chi connectivity index (χ3v) is 4.76. The van der Waals surface area contributed by atoms with E-state index in [0.29, 0.717) is 10.2 Å². The second-order valence-electron chi connectivity index (χ2n) is 4.28. The van der Waals surface area contributed by atoms with Crippen LogP contribution in [0.2, 0.25) is 0 Å². The van der Waals surface area contributed by atoms with Gasteiger partial charge < -0.3 is 9.47 Å². The molecule has 0 aliphatic rings. The molecule has 0 radical (unpaired) electrons. The lowest BCUT2D eigenvalue weighted by Gasteiger charge is -2.13. The van der Waals surface area contributed by atoms with E-state index in [0.717, 1.165) is 0 Å². The van der Waals surface area contributed by atoms with Crippen LogP contribution in [0.1, 0.15) is 0 Å². The third kappa shape index (κ3) is 4.32. The minimum Gasteiger partial charge on any atom is -0.496 e. The summed E-state index contributed by atoms with van der Waals surface area (Å²) in [7, 11) is -2.53. The van der Waals surface area contributed by atoms with Gasteiger partial charge in [-0.2, -0.15) is 8.78 Å². The quantitative estimate of drug-likeness (QED) is 0.789. The maximum atomic E-state index is 12.4. The Kier molecular flexibility index (Phi) is 5.42. The number of anilines is 1. The SMILES string of the molecule is COc1ccc(S(=O)(=O)Nc2ccccc2OC(F)F)cc1Br. The number of rotatable bonds is 6. The number of nitrogens with one attached hydrogen (secondary N) is 1. The van der Waals surface area contributed by atoms with Gasteiger partial charge in [-0.25, -0.2) is 8.42 Å². The van der Waals surface area contributed by atoms with Gasteiger partial charge in [-0.15, -0.1) is 0 Å². The van der Waals surface area contributed by atoms with Gasteiger partial charge in [-0.05, 0) is 46.3 Å². The molecule has 0 saturated carbocycles. The molecule has 2 rings (SSSR count). The molecule has 0 aliphatic heterocycles. The van der Waals surface area contributed by atoms with Gasteiger partial charge >= 0.3 is 6.61 Å². The van der Waals surface area contributed by atoms with Crippen LogP contribution in [0, 0.1) is 0 Å². The Hall–Kier alpha value is -1.87. The highest BCUT2D eigenvalue weighted by molar-refractivity contribution is 9.10. The van der Waals surface area contributed by atoms with Crippen LogP contribution in [0.25, 0.3) is 0 Å². The van der Waals surface area contributed by atoms with Crippen molar-refractivity contribution in [1.29, 1.82) is 0 Å². The fourth-order valence-corrected chi connectivity index (χ4v) is 3.56. The standard InChI is InChI=1S/C14H12BrF2NO4S/c1-21-12-7-6-9(8-10(12)15)23(19,20)18-11-4-2-3-5-13(11)22-14(16)17/h2-8,14,18H,1H3. The van der Waals surface area contributed by atoms with Gasteiger partial charge in [0.25, 0.3) is 10.0 Å². The molecule has 0 atom stereocenters. The zero-order valence-electron chi connectivity index (χ0n) is 11.8. The van der Waals surface area contributed by atoms with Crippen LogP contribution in [0.15, 0.2) is 51.8 Å². The second-order valence-corrected chi connectivity index (χ2v) is 6.81. The molecule has 0 fully saturated rings. The van der Waals surface area contributed by atoms with Crippen molar-refractivity contribution in [2.24, 2.45) is 0 Å². The minimum atomic E-state index is -3.98. The van der Waals surface area contributed by atoms with E-state index in [1.54, 1.807) is 0 Å². The van der Waals surface area contributed by atoms with E-state index in [9.17, 15) is 17.2 Å². The summed E-state index contributed by atoms with van der Waals surface area (Å²) in [5.41, 5.74) is -0.0836. The van der Waals surface area contributed by atoms with Gasteiger partial charge in [0.05, 0.1) is 22.2 Å². The lowest BCUT2D eigenvalue weighted by atomic mass is 10.3. The van der Waals surface area contributed by atoms with Crippen LogP contribution in [0.5, 0.6) is 11.5 Å². The van der Waals surface area contributed by atoms with Crippen LogP contribution >= 0.6 is 15.9 Å². The largest absolute Gasteiger partial charge is 0.496 e. The molecule has 0 saturated heterocycles. The Labute approximate surface area is 140 Å². The number of hydrogen-bond acceptors (Lipinski definition) is 4. The van der Waals surface area contributed by atoms with Crippen LogP contribution in [0.3, 0.4) is 0 Å². The van der Waals surface area contributed by atoms with Crippen LogP contribution < -0.4 is 14.2 Å². The monoisotopic (exact) mass is 407 g/mol. The van der Waals surface area contributed by atoms with Crippen LogP contribution in [0.4, 0.5) is 14.5 Å². The van der Waals surface area contributed by atoms with Gasteiger partial charge in [-0.3, -0.25) is 4.72 Å². The number of alkyl halides is 2. The summed E-state index contributed by atoms with van der Waals surface area (Å²) < 4.78 is 61.5. The molecule has 0 amide bonds. The van der Waals surface area contributed by atoms with Gasteiger partial charge in [0.1, 0.15) is 11.5 Å². The Morgan fingerprint density at radius 1 is 1.13 bits per heavy atom. The normalized spacial score (nSPS) is 11.3. The molecule has 5 nitrogen and oxygen atoms in total. The van der Waals surface area contributed by atoms with E-state index < -0.39 is 16.6 Å².